The first-order valence-corrected chi connectivity index (χ1v) is 9.82. The molecule has 3 rings (SSSR count). The Morgan fingerprint density at radius 1 is 1.07 bits per heavy atom. The second kappa shape index (κ2) is 8.44. The third kappa shape index (κ3) is 4.71. The zero-order valence-electron chi connectivity index (χ0n) is 14.0. The van der Waals surface area contributed by atoms with Gasteiger partial charge in [0.15, 0.2) is 4.80 Å². The van der Waals surface area contributed by atoms with E-state index < -0.39 is 11.9 Å². The predicted molar refractivity (Wildman–Crippen MR) is 108 cm³/mol. The van der Waals surface area contributed by atoms with Gasteiger partial charge in [0.05, 0.1) is 16.8 Å². The fourth-order valence-electron chi connectivity index (χ4n) is 2.45. The maximum atomic E-state index is 12.6. The number of benzene rings is 2. The van der Waals surface area contributed by atoms with Crippen molar-refractivity contribution < 1.29 is 14.3 Å². The molecule has 1 aromatic heterocycles. The van der Waals surface area contributed by atoms with Crippen LogP contribution in [0.5, 0.6) is 0 Å². The van der Waals surface area contributed by atoms with Gasteiger partial charge in [-0.05, 0) is 43.3 Å². The van der Waals surface area contributed by atoms with Crippen LogP contribution in [-0.2, 0) is 16.1 Å². The molecule has 0 aliphatic heterocycles. The van der Waals surface area contributed by atoms with Crippen LogP contribution in [0.2, 0.25) is 15.1 Å². The van der Waals surface area contributed by atoms with Crippen molar-refractivity contribution in [1.29, 1.82) is 0 Å². The van der Waals surface area contributed by atoms with Crippen molar-refractivity contribution in [3.05, 3.63) is 61.8 Å². The van der Waals surface area contributed by atoms with E-state index in [4.69, 9.17) is 39.5 Å². The van der Waals surface area contributed by atoms with Crippen LogP contribution in [0.3, 0.4) is 0 Å². The highest BCUT2D eigenvalue weighted by atomic mass is 35.5. The first kappa shape index (κ1) is 19.9. The van der Waals surface area contributed by atoms with Gasteiger partial charge < -0.3 is 9.30 Å². The fourth-order valence-corrected chi connectivity index (χ4v) is 4.28. The number of hydrogen-bond acceptors (Lipinski definition) is 4. The highest BCUT2D eigenvalue weighted by Crippen LogP contribution is 2.23. The van der Waals surface area contributed by atoms with Gasteiger partial charge in [0.1, 0.15) is 6.54 Å². The van der Waals surface area contributed by atoms with Crippen LogP contribution >= 0.6 is 46.1 Å². The normalized spacial score (nSPS) is 11.8. The Hall–Kier alpha value is -1.86. The number of hydrogen-bond donors (Lipinski definition) is 0. The minimum absolute atomic E-state index is 0.0715. The summed E-state index contributed by atoms with van der Waals surface area (Å²) in [4.78, 5) is 29.1. The summed E-state index contributed by atoms with van der Waals surface area (Å²) in [7, 11) is 0. The molecule has 0 aliphatic carbocycles. The van der Waals surface area contributed by atoms with Gasteiger partial charge >= 0.3 is 5.97 Å². The SMILES string of the molecule is CCOC(=O)Cn1c(=NC(=O)c2cc(Cl)cc(Cl)c2)sc2cc(Cl)ccc21. The van der Waals surface area contributed by atoms with Gasteiger partial charge in [-0.25, -0.2) is 0 Å². The molecule has 27 heavy (non-hydrogen) atoms. The molecule has 0 fully saturated rings. The lowest BCUT2D eigenvalue weighted by Crippen LogP contribution is -2.23. The molecule has 5 nitrogen and oxygen atoms in total. The van der Waals surface area contributed by atoms with E-state index in [2.05, 4.69) is 4.99 Å². The van der Waals surface area contributed by atoms with E-state index in [9.17, 15) is 9.59 Å². The molecule has 1 heterocycles. The number of carbonyl (C=O) groups excluding carboxylic acids is 2. The molecule has 9 heteroatoms. The molecule has 0 saturated heterocycles. The number of rotatable bonds is 4. The summed E-state index contributed by atoms with van der Waals surface area (Å²) in [5.74, 6) is -0.943. The topological polar surface area (TPSA) is 60.7 Å². The number of halogens is 3. The van der Waals surface area contributed by atoms with Crippen LogP contribution in [0.1, 0.15) is 17.3 Å². The lowest BCUT2D eigenvalue weighted by molar-refractivity contribution is -0.143. The van der Waals surface area contributed by atoms with Gasteiger partial charge in [-0.3, -0.25) is 9.59 Å². The molecule has 0 atom stereocenters. The van der Waals surface area contributed by atoms with Gasteiger partial charge in [0, 0.05) is 20.6 Å². The molecule has 0 bridgehead atoms. The quantitative estimate of drug-likeness (QED) is 0.535. The van der Waals surface area contributed by atoms with E-state index in [1.165, 1.54) is 29.5 Å². The van der Waals surface area contributed by atoms with E-state index in [-0.39, 0.29) is 18.7 Å². The third-order valence-corrected chi connectivity index (χ3v) is 5.26. The molecule has 140 valence electrons. The molecule has 0 N–H and O–H groups in total. The average Bonchev–Trinajstić information content (AvgIpc) is 2.90. The van der Waals surface area contributed by atoms with Crippen LogP contribution in [0, 0.1) is 0 Å². The molecule has 0 unspecified atom stereocenters. The molecule has 0 spiro atoms. The molecule has 0 radical (unpaired) electrons. The molecule has 0 saturated carbocycles. The summed E-state index contributed by atoms with van der Waals surface area (Å²) >= 11 is 19.2. The average molecular weight is 444 g/mol. The van der Waals surface area contributed by atoms with E-state index in [0.29, 0.717) is 19.9 Å². The minimum atomic E-state index is -0.519. The Labute approximate surface area is 173 Å². The van der Waals surface area contributed by atoms with Crippen LogP contribution < -0.4 is 4.80 Å². The van der Waals surface area contributed by atoms with E-state index in [1.54, 1.807) is 29.7 Å². The number of aromatic nitrogens is 1. The molecule has 2 aromatic carbocycles. The van der Waals surface area contributed by atoms with Gasteiger partial charge in [-0.15, -0.1) is 0 Å². The first-order chi connectivity index (χ1) is 12.9. The van der Waals surface area contributed by atoms with Gasteiger partial charge in [-0.1, -0.05) is 46.1 Å². The van der Waals surface area contributed by atoms with Crippen molar-refractivity contribution in [3.8, 4) is 0 Å². The first-order valence-electron chi connectivity index (χ1n) is 7.87. The Balaban J connectivity index is 2.12. The number of fused-ring (bicyclic) bond motifs is 1. The van der Waals surface area contributed by atoms with Gasteiger partial charge in [0.2, 0.25) is 0 Å². The van der Waals surface area contributed by atoms with Crippen molar-refractivity contribution >= 4 is 68.2 Å². The molecule has 3 aromatic rings. The molecular formula is C18H13Cl3N2O3S. The van der Waals surface area contributed by atoms with Crippen LogP contribution in [0.4, 0.5) is 0 Å². The maximum Gasteiger partial charge on any atom is 0.326 e. The largest absolute Gasteiger partial charge is 0.465 e. The number of carbonyl (C=O) groups is 2. The molecular weight excluding hydrogens is 431 g/mol. The maximum absolute atomic E-state index is 12.6. The van der Waals surface area contributed by atoms with Crippen molar-refractivity contribution in [2.24, 2.45) is 4.99 Å². The van der Waals surface area contributed by atoms with Crippen molar-refractivity contribution in [2.45, 2.75) is 13.5 Å². The lowest BCUT2D eigenvalue weighted by atomic mass is 10.2. The number of amides is 1. The second-order valence-electron chi connectivity index (χ2n) is 5.46. The van der Waals surface area contributed by atoms with E-state index in [1.807, 2.05) is 0 Å². The van der Waals surface area contributed by atoms with E-state index in [0.717, 1.165) is 10.2 Å². The van der Waals surface area contributed by atoms with Crippen LogP contribution in [-0.4, -0.2) is 23.1 Å². The van der Waals surface area contributed by atoms with E-state index >= 15 is 0 Å². The summed E-state index contributed by atoms with van der Waals surface area (Å²) in [6.07, 6.45) is 0. The molecule has 1 amide bonds. The highest BCUT2D eigenvalue weighted by molar-refractivity contribution is 7.16. The smallest absolute Gasteiger partial charge is 0.326 e. The Kier molecular flexibility index (Phi) is 6.22. The number of thiazole rings is 1. The van der Waals surface area contributed by atoms with Gasteiger partial charge in [-0.2, -0.15) is 4.99 Å². The number of nitrogens with zero attached hydrogens (tertiary/aromatic N) is 2. The monoisotopic (exact) mass is 442 g/mol. The summed E-state index contributed by atoms with van der Waals surface area (Å²) in [5, 5.41) is 1.22. The Bertz CT molecular complexity index is 1080. The van der Waals surface area contributed by atoms with Crippen LogP contribution in [0.15, 0.2) is 41.4 Å². The number of ether oxygens (including phenoxy) is 1. The summed E-state index contributed by atoms with van der Waals surface area (Å²) < 4.78 is 7.44. The lowest BCUT2D eigenvalue weighted by Gasteiger charge is -2.05. The predicted octanol–water partition coefficient (Wildman–Crippen LogP) is 4.97. The summed E-state index contributed by atoms with van der Waals surface area (Å²) in [6.45, 7) is 1.92. The highest BCUT2D eigenvalue weighted by Gasteiger charge is 2.14. The summed E-state index contributed by atoms with van der Waals surface area (Å²) in [5.41, 5.74) is 0.985. The second-order valence-corrected chi connectivity index (χ2v) is 7.78. The standard InChI is InChI=1S/C18H13Cl3N2O3S/c1-2-26-16(24)9-23-14-4-3-11(19)8-15(14)27-18(23)22-17(25)10-5-12(20)7-13(21)6-10/h3-8H,2,9H2,1H3. The third-order valence-electron chi connectivity index (χ3n) is 3.54. The Morgan fingerprint density at radius 2 is 1.78 bits per heavy atom. The molecule has 0 aliphatic rings. The van der Waals surface area contributed by atoms with Crippen molar-refractivity contribution in [1.82, 2.24) is 4.57 Å². The number of esters is 1. The van der Waals surface area contributed by atoms with Crippen molar-refractivity contribution in [2.75, 3.05) is 6.61 Å². The Morgan fingerprint density at radius 3 is 2.44 bits per heavy atom. The summed E-state index contributed by atoms with van der Waals surface area (Å²) in [6, 6.07) is 9.73. The minimum Gasteiger partial charge on any atom is -0.465 e. The zero-order chi connectivity index (χ0) is 19.6. The zero-order valence-corrected chi connectivity index (χ0v) is 17.1. The van der Waals surface area contributed by atoms with Gasteiger partial charge in [0.25, 0.3) is 5.91 Å². The van der Waals surface area contributed by atoms with Crippen molar-refractivity contribution in [3.63, 3.8) is 0 Å². The van der Waals surface area contributed by atoms with Crippen LogP contribution in [0.25, 0.3) is 10.2 Å². The fraction of sp³-hybridized carbons (Fsp3) is 0.167.